The molecular weight excluding hydrogens is 714 g/mol. The van der Waals surface area contributed by atoms with Crippen molar-refractivity contribution in [3.8, 4) is 5.75 Å². The fourth-order valence-corrected chi connectivity index (χ4v) is 8.51. The molecule has 2 aliphatic rings. The molecule has 2 atom stereocenters. The number of hydrogen-bond acceptors (Lipinski definition) is 6. The summed E-state index contributed by atoms with van der Waals surface area (Å²) in [5, 5.41) is 11.1. The smallest absolute Gasteiger partial charge is 0.490 e. The summed E-state index contributed by atoms with van der Waals surface area (Å²) in [5.74, 6) is -2.71. The Labute approximate surface area is 296 Å². The second kappa shape index (κ2) is 13.2. The molecule has 5 aromatic rings. The minimum Gasteiger partial charge on any atom is -0.508 e. The van der Waals surface area contributed by atoms with Crippen LogP contribution >= 0.6 is 23.2 Å². The molecule has 7 rings (SSSR count). The predicted molar refractivity (Wildman–Crippen MR) is 182 cm³/mol. The number of sulfonamides is 1. The largest absolute Gasteiger partial charge is 0.508 e. The van der Waals surface area contributed by atoms with Crippen molar-refractivity contribution in [3.05, 3.63) is 124 Å². The van der Waals surface area contributed by atoms with Crippen LogP contribution in [0.3, 0.4) is 0 Å². The molecule has 1 saturated heterocycles. The van der Waals surface area contributed by atoms with Gasteiger partial charge in [0, 0.05) is 35.1 Å². The first-order valence-electron chi connectivity index (χ1n) is 15.9. The average Bonchev–Trinajstić information content (AvgIpc) is 3.75. The van der Waals surface area contributed by atoms with Gasteiger partial charge in [0.25, 0.3) is 0 Å². The molecule has 260 valence electrons. The number of esters is 1. The molecule has 0 radical (unpaired) electrons. The summed E-state index contributed by atoms with van der Waals surface area (Å²) in [5.41, 5.74) is 4.18. The van der Waals surface area contributed by atoms with Crippen LogP contribution in [0, 0.1) is 0 Å². The predicted octanol–water partition coefficient (Wildman–Crippen LogP) is 8.22. The molecular formula is C36H30Cl2F3N3O5S. The second-order valence-corrected chi connectivity index (χ2v) is 15.4. The number of halogens is 5. The lowest BCUT2D eigenvalue weighted by atomic mass is 9.85. The molecule has 0 amide bonds. The van der Waals surface area contributed by atoms with Crippen molar-refractivity contribution in [2.45, 2.75) is 54.3 Å². The molecule has 0 bridgehead atoms. The van der Waals surface area contributed by atoms with Gasteiger partial charge in [0.15, 0.2) is 0 Å². The number of aromatic nitrogens is 2. The molecule has 1 aromatic heterocycles. The minimum atomic E-state index is -5.12. The van der Waals surface area contributed by atoms with E-state index < -0.39 is 34.2 Å². The fraction of sp³-hybridized carbons (Fsp3) is 0.278. The van der Waals surface area contributed by atoms with Gasteiger partial charge in [-0.05, 0) is 90.6 Å². The van der Waals surface area contributed by atoms with Crippen molar-refractivity contribution >= 4 is 50.2 Å². The Hall–Kier alpha value is -4.10. The Morgan fingerprint density at radius 2 is 1.48 bits per heavy atom. The zero-order chi connectivity index (χ0) is 35.4. The van der Waals surface area contributed by atoms with Crippen molar-refractivity contribution in [3.63, 3.8) is 0 Å². The summed E-state index contributed by atoms with van der Waals surface area (Å²) in [7, 11) is -3.89. The summed E-state index contributed by atoms with van der Waals surface area (Å²) in [6.07, 6.45) is -5.15. The third-order valence-electron chi connectivity index (χ3n) is 9.28. The number of imidazole rings is 1. The molecule has 0 spiro atoms. The van der Waals surface area contributed by atoms with Gasteiger partial charge in [-0.25, -0.2) is 18.2 Å². The number of phenolic OH excluding ortho intramolecular Hbond substituents is 1. The number of ether oxygens (including phenoxy) is 1. The quantitative estimate of drug-likeness (QED) is 0.127. The number of piperidine rings is 1. The zero-order valence-corrected chi connectivity index (χ0v) is 28.6. The highest BCUT2D eigenvalue weighted by molar-refractivity contribution is 7.89. The molecule has 2 heterocycles. The Kier molecular flexibility index (Phi) is 9.08. The number of carbonyl (C=O) groups excluding carboxylic acids is 1. The Balaban J connectivity index is 1.27. The van der Waals surface area contributed by atoms with Crippen LogP contribution in [0.4, 0.5) is 13.2 Å². The summed E-state index contributed by atoms with van der Waals surface area (Å²) >= 11 is 12.5. The van der Waals surface area contributed by atoms with Gasteiger partial charge in [0.1, 0.15) is 17.7 Å². The number of benzene rings is 4. The second-order valence-electron chi connectivity index (χ2n) is 12.5. The van der Waals surface area contributed by atoms with Crippen LogP contribution in [-0.2, 0) is 19.6 Å². The van der Waals surface area contributed by atoms with Gasteiger partial charge in [-0.15, -0.1) is 0 Å². The van der Waals surface area contributed by atoms with E-state index in [1.165, 1.54) is 28.6 Å². The van der Waals surface area contributed by atoms with Gasteiger partial charge >= 0.3 is 12.1 Å². The van der Waals surface area contributed by atoms with Crippen molar-refractivity contribution in [1.29, 1.82) is 0 Å². The monoisotopic (exact) mass is 743 g/mol. The first-order valence-corrected chi connectivity index (χ1v) is 18.1. The first-order chi connectivity index (χ1) is 23.8. The van der Waals surface area contributed by atoms with Gasteiger partial charge in [0.2, 0.25) is 10.0 Å². The lowest BCUT2D eigenvalue weighted by Gasteiger charge is -2.33. The van der Waals surface area contributed by atoms with E-state index in [0.717, 1.165) is 22.2 Å². The fourth-order valence-electron chi connectivity index (χ4n) is 6.75. The summed E-state index contributed by atoms with van der Waals surface area (Å²) in [6.45, 7) is 0.327. The molecule has 2 fully saturated rings. The number of carbonyl (C=O) groups is 1. The maximum Gasteiger partial charge on any atom is 0.490 e. The highest BCUT2D eigenvalue weighted by atomic mass is 35.5. The molecule has 4 aromatic carbocycles. The van der Waals surface area contributed by atoms with E-state index in [1.807, 2.05) is 71.3 Å². The number of alkyl halides is 3. The molecule has 14 heteroatoms. The van der Waals surface area contributed by atoms with Crippen LogP contribution in [0.1, 0.15) is 59.7 Å². The third kappa shape index (κ3) is 6.81. The Bertz CT molecular complexity index is 2120. The molecule has 8 nitrogen and oxygen atoms in total. The Morgan fingerprint density at radius 3 is 2.06 bits per heavy atom. The van der Waals surface area contributed by atoms with Crippen LogP contribution in [0.2, 0.25) is 10.0 Å². The van der Waals surface area contributed by atoms with Crippen LogP contribution in [0.25, 0.3) is 11.0 Å². The summed E-state index contributed by atoms with van der Waals surface area (Å²) in [4.78, 5) is 16.5. The maximum atomic E-state index is 13.4. The molecule has 50 heavy (non-hydrogen) atoms. The van der Waals surface area contributed by atoms with E-state index in [4.69, 9.17) is 32.9 Å². The van der Waals surface area contributed by atoms with Crippen LogP contribution < -0.4 is 0 Å². The number of hydrogen-bond donors (Lipinski definition) is 1. The Morgan fingerprint density at radius 1 is 0.880 bits per heavy atom. The van der Waals surface area contributed by atoms with Gasteiger partial charge in [-0.1, -0.05) is 59.6 Å². The van der Waals surface area contributed by atoms with Crippen LogP contribution in [0.5, 0.6) is 5.75 Å². The maximum absolute atomic E-state index is 13.4. The number of aromatic hydroxyl groups is 1. The highest BCUT2D eigenvalue weighted by Gasteiger charge is 2.51. The van der Waals surface area contributed by atoms with Gasteiger partial charge in [-0.2, -0.15) is 17.5 Å². The topological polar surface area (TPSA) is 102 Å². The molecule has 2 unspecified atom stereocenters. The van der Waals surface area contributed by atoms with Crippen molar-refractivity contribution < 1.29 is 36.2 Å². The van der Waals surface area contributed by atoms with Gasteiger partial charge in [-0.3, -0.25) is 0 Å². The van der Waals surface area contributed by atoms with Crippen molar-refractivity contribution in [1.82, 2.24) is 13.9 Å². The lowest BCUT2D eigenvalue weighted by molar-refractivity contribution is -0.201. The van der Waals surface area contributed by atoms with Gasteiger partial charge in [0.05, 0.1) is 21.8 Å². The van der Waals surface area contributed by atoms with Crippen molar-refractivity contribution in [2.24, 2.45) is 0 Å². The number of rotatable bonds is 8. The highest BCUT2D eigenvalue weighted by Crippen LogP contribution is 2.47. The SMILES string of the molecule is O=C(OC1CC1c1nc2ccc(C(c3ccc(Cl)cc3)c3ccc(Cl)cc3)cc2n1C1CCN(S(=O)(=O)c2cccc(O)c2)CC1)C(F)(F)F. The minimum absolute atomic E-state index is 0.0166. The normalized spacial score (nSPS) is 18.8. The number of fused-ring (bicyclic) bond motifs is 1. The first kappa shape index (κ1) is 34.4. The van der Waals surface area contributed by atoms with Crippen LogP contribution in [-0.4, -0.2) is 58.7 Å². The van der Waals surface area contributed by atoms with E-state index in [0.29, 0.717) is 34.2 Å². The molecule has 1 aliphatic carbocycles. The van der Waals surface area contributed by atoms with E-state index in [9.17, 15) is 31.5 Å². The molecule has 1 aliphatic heterocycles. The zero-order valence-electron chi connectivity index (χ0n) is 26.2. The summed E-state index contributed by atoms with van der Waals surface area (Å²) < 4.78 is 74.2. The van der Waals surface area contributed by atoms with E-state index in [1.54, 1.807) is 0 Å². The molecule has 1 N–H and O–H groups in total. The number of phenols is 1. The average molecular weight is 745 g/mol. The lowest BCUT2D eigenvalue weighted by Crippen LogP contribution is -2.39. The van der Waals surface area contributed by atoms with E-state index in [-0.39, 0.29) is 42.1 Å². The van der Waals surface area contributed by atoms with Crippen molar-refractivity contribution in [2.75, 3.05) is 13.1 Å². The third-order valence-corrected chi connectivity index (χ3v) is 11.7. The van der Waals surface area contributed by atoms with E-state index >= 15 is 0 Å². The van der Waals surface area contributed by atoms with Crippen LogP contribution in [0.15, 0.2) is 95.9 Å². The molecule has 1 saturated carbocycles. The van der Waals surface area contributed by atoms with E-state index in [2.05, 4.69) is 0 Å². The van der Waals surface area contributed by atoms with Gasteiger partial charge < -0.3 is 14.4 Å². The standard InChI is InChI=1S/C36H30Cl2F3N3O5S/c37-24-9-4-21(5-10-24)33(22-6-11-25(38)12-7-22)23-8-13-30-31(18-23)44(34(42-30)29-20-32(29)49-35(46)36(39,40)41)26-14-16-43(17-15-26)50(47,48)28-3-1-2-27(45)19-28/h1-13,18-19,26,29,32-33,45H,14-17,20H2. The summed E-state index contributed by atoms with van der Waals surface area (Å²) in [6, 6.07) is 26.1. The number of nitrogens with zero attached hydrogens (tertiary/aromatic N) is 3.